The van der Waals surface area contributed by atoms with Crippen molar-refractivity contribution in [3.63, 3.8) is 0 Å². The topological polar surface area (TPSA) is 85.9 Å². The Morgan fingerprint density at radius 1 is 1.04 bits per heavy atom. The van der Waals surface area contributed by atoms with Crippen molar-refractivity contribution in [2.75, 3.05) is 51.1 Å². The van der Waals surface area contributed by atoms with Crippen LogP contribution in [0.15, 0.2) is 54.6 Å². The minimum absolute atomic E-state index is 0.174. The van der Waals surface area contributed by atoms with Crippen LogP contribution in [0.1, 0.15) is 80.0 Å². The van der Waals surface area contributed by atoms with E-state index in [-0.39, 0.29) is 25.5 Å². The highest BCUT2D eigenvalue weighted by Gasteiger charge is 2.50. The minimum Gasteiger partial charge on any atom is -0.444 e. The van der Waals surface area contributed by atoms with E-state index >= 15 is 17.6 Å². The van der Waals surface area contributed by atoms with Crippen LogP contribution < -0.4 is 16.0 Å². The average molecular weight is 750 g/mol. The van der Waals surface area contributed by atoms with Crippen LogP contribution in [-0.4, -0.2) is 97.0 Å². The summed E-state index contributed by atoms with van der Waals surface area (Å²) in [6.07, 6.45) is -0.547. The second kappa shape index (κ2) is 15.8. The number of halogens is 4. The lowest BCUT2D eigenvalue weighted by atomic mass is 9.90. The molecule has 0 radical (unpaired) electrons. The Morgan fingerprint density at radius 3 is 2.46 bits per heavy atom. The zero-order valence-electron chi connectivity index (χ0n) is 31.7. The maximum atomic E-state index is 15.3. The standard InChI is InChI=1S/C42H51F4N5O3/c1-27-10-14-31(49-37-24-51(26-42(37,45)46)39(53)54-40(3,4)5)22-35(27)38(52)48-28(2)32-15-13-29(33-8-6-7-9-34(32)33)11-12-30-16-21-50(23-36(30)43)25-41(44)17-19-47-20-18-41/h6-10,13-15,22,28,30,36-37,47,49H,16-21,23-26H2,1-5H3,(H,48,52)/t28-,30-,36+,37+/m1/s1. The number of nitrogens with zero attached hydrogens (tertiary/aromatic N) is 2. The summed E-state index contributed by atoms with van der Waals surface area (Å²) in [7, 11) is 0. The molecule has 6 rings (SSSR count). The molecular weight excluding hydrogens is 698 g/mol. The molecule has 3 aliphatic rings. The monoisotopic (exact) mass is 749 g/mol. The maximum absolute atomic E-state index is 15.3. The number of ether oxygens (including phenoxy) is 1. The van der Waals surface area contributed by atoms with Crippen molar-refractivity contribution in [2.45, 2.75) is 89.3 Å². The first kappa shape index (κ1) is 39.4. The number of aryl methyl sites for hydroxylation is 1. The number of rotatable bonds is 7. The quantitative estimate of drug-likeness (QED) is 0.173. The van der Waals surface area contributed by atoms with Gasteiger partial charge in [0.05, 0.1) is 25.0 Å². The average Bonchev–Trinajstić information content (AvgIpc) is 3.41. The molecule has 0 bridgehead atoms. The molecule has 0 unspecified atom stereocenters. The van der Waals surface area contributed by atoms with E-state index in [1.54, 1.807) is 45.9 Å². The van der Waals surface area contributed by atoms with Gasteiger partial charge in [0.15, 0.2) is 0 Å². The zero-order chi connectivity index (χ0) is 38.8. The molecule has 3 N–H and O–H groups in total. The fourth-order valence-electron chi connectivity index (χ4n) is 7.60. The molecule has 0 spiro atoms. The number of benzene rings is 3. The highest BCUT2D eigenvalue weighted by Crippen LogP contribution is 2.33. The van der Waals surface area contributed by atoms with Gasteiger partial charge in [0.2, 0.25) is 0 Å². The smallest absolute Gasteiger partial charge is 0.410 e. The summed E-state index contributed by atoms with van der Waals surface area (Å²) in [5.74, 6) is 2.37. The summed E-state index contributed by atoms with van der Waals surface area (Å²) in [5.41, 5.74) is 0.852. The van der Waals surface area contributed by atoms with Crippen molar-refractivity contribution in [2.24, 2.45) is 5.92 Å². The molecule has 3 saturated heterocycles. The van der Waals surface area contributed by atoms with E-state index in [4.69, 9.17) is 4.74 Å². The Kier molecular flexibility index (Phi) is 11.5. The van der Waals surface area contributed by atoms with Crippen LogP contribution in [0.4, 0.5) is 28.0 Å². The Hall–Kier alpha value is -4.34. The predicted molar refractivity (Wildman–Crippen MR) is 203 cm³/mol. The highest BCUT2D eigenvalue weighted by molar-refractivity contribution is 5.97. The Bertz CT molecular complexity index is 1920. The summed E-state index contributed by atoms with van der Waals surface area (Å²) >= 11 is 0. The number of carbonyl (C=O) groups is 2. The van der Waals surface area contributed by atoms with Gasteiger partial charge in [-0.2, -0.15) is 0 Å². The fourth-order valence-corrected chi connectivity index (χ4v) is 7.60. The van der Waals surface area contributed by atoms with Crippen molar-refractivity contribution in [1.82, 2.24) is 20.4 Å². The number of hydrogen-bond acceptors (Lipinski definition) is 6. The van der Waals surface area contributed by atoms with Gasteiger partial charge < -0.3 is 20.7 Å². The van der Waals surface area contributed by atoms with Gasteiger partial charge in [-0.1, -0.05) is 48.2 Å². The molecule has 12 heteroatoms. The first-order chi connectivity index (χ1) is 25.5. The Balaban J connectivity index is 1.12. The van der Waals surface area contributed by atoms with Gasteiger partial charge >= 0.3 is 6.09 Å². The molecule has 4 atom stereocenters. The molecule has 54 heavy (non-hydrogen) atoms. The molecule has 0 saturated carbocycles. The van der Waals surface area contributed by atoms with Crippen LogP contribution in [0, 0.1) is 24.7 Å². The lowest BCUT2D eigenvalue weighted by Gasteiger charge is -2.39. The molecule has 2 amide bonds. The van der Waals surface area contributed by atoms with Gasteiger partial charge in [0.25, 0.3) is 11.8 Å². The van der Waals surface area contributed by atoms with Crippen molar-refractivity contribution < 1.29 is 31.9 Å². The van der Waals surface area contributed by atoms with Crippen molar-refractivity contribution in [1.29, 1.82) is 0 Å². The summed E-state index contributed by atoms with van der Waals surface area (Å²) < 4.78 is 65.9. The molecule has 290 valence electrons. The number of piperidine rings is 2. The maximum Gasteiger partial charge on any atom is 0.410 e. The van der Waals surface area contributed by atoms with Gasteiger partial charge in [0.1, 0.15) is 23.5 Å². The number of amides is 2. The van der Waals surface area contributed by atoms with Crippen LogP contribution in [0.5, 0.6) is 0 Å². The number of fused-ring (bicyclic) bond motifs is 1. The molecule has 3 fully saturated rings. The summed E-state index contributed by atoms with van der Waals surface area (Å²) in [6, 6.07) is 14.6. The van der Waals surface area contributed by atoms with Gasteiger partial charge in [-0.05, 0) is 114 Å². The summed E-state index contributed by atoms with van der Waals surface area (Å²) in [4.78, 5) is 29.0. The third-order valence-corrected chi connectivity index (χ3v) is 10.6. The van der Waals surface area contributed by atoms with Crippen LogP contribution in [0.3, 0.4) is 0 Å². The van der Waals surface area contributed by atoms with Crippen LogP contribution in [0.2, 0.25) is 0 Å². The number of alkyl halides is 4. The van der Waals surface area contributed by atoms with E-state index < -0.39 is 54.0 Å². The molecule has 3 aliphatic heterocycles. The summed E-state index contributed by atoms with van der Waals surface area (Å²) in [5, 5.41) is 10.9. The Morgan fingerprint density at radius 2 is 1.76 bits per heavy atom. The lowest BCUT2D eigenvalue weighted by molar-refractivity contribution is -0.00635. The molecule has 8 nitrogen and oxygen atoms in total. The Labute approximate surface area is 315 Å². The van der Waals surface area contributed by atoms with Crippen molar-refractivity contribution in [3.05, 3.63) is 76.9 Å². The molecule has 3 aromatic rings. The normalized spacial score (nSPS) is 23.3. The minimum atomic E-state index is -3.21. The number of nitrogens with one attached hydrogen (secondary N) is 3. The fraction of sp³-hybridized carbons (Fsp3) is 0.524. The first-order valence-electron chi connectivity index (χ1n) is 18.8. The summed E-state index contributed by atoms with van der Waals surface area (Å²) in [6.45, 7) is 9.98. The third-order valence-electron chi connectivity index (χ3n) is 10.6. The third kappa shape index (κ3) is 9.29. The predicted octanol–water partition coefficient (Wildman–Crippen LogP) is 7.41. The van der Waals surface area contributed by atoms with Crippen LogP contribution >= 0.6 is 0 Å². The second-order valence-electron chi connectivity index (χ2n) is 16.1. The molecule has 0 aromatic heterocycles. The van der Waals surface area contributed by atoms with Gasteiger partial charge in [-0.25, -0.2) is 22.4 Å². The molecular formula is C42H51F4N5O3. The van der Waals surface area contributed by atoms with E-state index in [1.807, 2.05) is 48.2 Å². The van der Waals surface area contributed by atoms with Crippen molar-refractivity contribution >= 4 is 28.5 Å². The molecule has 3 aromatic carbocycles. The lowest BCUT2D eigenvalue weighted by Crippen LogP contribution is -2.51. The highest BCUT2D eigenvalue weighted by atomic mass is 19.3. The SMILES string of the molecule is Cc1ccc(N[C@H]2CN(C(=O)OC(C)(C)C)CC2(F)F)cc1C(=O)N[C@H](C)c1ccc(C#C[C@@H]2CCN(CC3(F)CCNCC3)C[C@@H]2F)c2ccccc12. The number of likely N-dealkylation sites (tertiary alicyclic amines) is 2. The molecule has 0 aliphatic carbocycles. The number of carbonyl (C=O) groups excluding carboxylic acids is 2. The number of hydrogen-bond donors (Lipinski definition) is 3. The molecule has 3 heterocycles. The van der Waals surface area contributed by atoms with Gasteiger partial charge in [-0.15, -0.1) is 0 Å². The van der Waals surface area contributed by atoms with Crippen molar-refractivity contribution in [3.8, 4) is 11.8 Å². The van der Waals surface area contributed by atoms with E-state index in [2.05, 4.69) is 27.8 Å². The van der Waals surface area contributed by atoms with E-state index in [0.717, 1.165) is 26.8 Å². The van der Waals surface area contributed by atoms with Crippen LogP contribution in [-0.2, 0) is 4.74 Å². The van der Waals surface area contributed by atoms with Crippen LogP contribution in [0.25, 0.3) is 10.8 Å². The van der Waals surface area contributed by atoms with Gasteiger partial charge in [-0.3, -0.25) is 14.6 Å². The second-order valence-corrected chi connectivity index (χ2v) is 16.1. The zero-order valence-corrected chi connectivity index (χ0v) is 31.7. The van der Waals surface area contributed by atoms with E-state index in [9.17, 15) is 9.59 Å². The first-order valence-corrected chi connectivity index (χ1v) is 18.8. The van der Waals surface area contributed by atoms with Gasteiger partial charge in [0, 0.05) is 29.9 Å². The van der Waals surface area contributed by atoms with E-state index in [1.165, 1.54) is 0 Å². The number of anilines is 1. The largest absolute Gasteiger partial charge is 0.444 e. The van der Waals surface area contributed by atoms with E-state index in [0.29, 0.717) is 55.7 Å².